The molecule has 0 atom stereocenters. The summed E-state index contributed by atoms with van der Waals surface area (Å²) in [5.74, 6) is 6.34. The van der Waals surface area contributed by atoms with Crippen LogP contribution in [0.15, 0.2) is 10.8 Å². The van der Waals surface area contributed by atoms with Crippen LogP contribution in [0.2, 0.25) is 0 Å². The molecule has 102 valence electrons. The van der Waals surface area contributed by atoms with Gasteiger partial charge in [-0.05, 0) is 22.4 Å². The van der Waals surface area contributed by atoms with Gasteiger partial charge in [-0.3, -0.25) is 0 Å². The Balaban J connectivity index is 2.40. The van der Waals surface area contributed by atoms with Crippen molar-refractivity contribution in [2.24, 2.45) is 5.84 Å². The maximum atomic E-state index is 10.8. The standard InChI is InChI=1S/C8H15BrN6O2S/c1-18(16,17)14-4-2-3-11-7-6(9)8(15-10)13-5-12-7/h5,14H,2-4,10H2,1H3,(H2,11,12,13,15). The summed E-state index contributed by atoms with van der Waals surface area (Å²) >= 11 is 3.30. The highest BCUT2D eigenvalue weighted by Crippen LogP contribution is 2.25. The van der Waals surface area contributed by atoms with Crippen molar-refractivity contribution in [1.29, 1.82) is 0 Å². The first kappa shape index (κ1) is 15.1. The molecule has 1 heterocycles. The molecular formula is C8H15BrN6O2S. The van der Waals surface area contributed by atoms with Crippen LogP contribution in [0.3, 0.4) is 0 Å². The number of nitrogen functional groups attached to an aromatic ring is 1. The Morgan fingerprint density at radius 2 is 2.00 bits per heavy atom. The van der Waals surface area contributed by atoms with E-state index in [0.29, 0.717) is 35.6 Å². The molecule has 8 nitrogen and oxygen atoms in total. The fourth-order valence-electron chi connectivity index (χ4n) is 1.15. The van der Waals surface area contributed by atoms with Crippen LogP contribution in [0, 0.1) is 0 Å². The second-order valence-electron chi connectivity index (χ2n) is 3.48. The molecule has 0 aliphatic rings. The summed E-state index contributed by atoms with van der Waals surface area (Å²) in [6.07, 6.45) is 3.13. The van der Waals surface area contributed by atoms with Gasteiger partial charge in [0.1, 0.15) is 16.6 Å². The number of halogens is 1. The van der Waals surface area contributed by atoms with Gasteiger partial charge in [0.2, 0.25) is 10.0 Å². The Labute approximate surface area is 114 Å². The van der Waals surface area contributed by atoms with Gasteiger partial charge in [-0.15, -0.1) is 0 Å². The number of anilines is 2. The van der Waals surface area contributed by atoms with Gasteiger partial charge in [-0.1, -0.05) is 0 Å². The van der Waals surface area contributed by atoms with Crippen molar-refractivity contribution in [3.05, 3.63) is 10.8 Å². The van der Waals surface area contributed by atoms with Gasteiger partial charge in [-0.25, -0.2) is 29.0 Å². The maximum Gasteiger partial charge on any atom is 0.208 e. The number of sulfonamides is 1. The number of hydrogen-bond acceptors (Lipinski definition) is 7. The lowest BCUT2D eigenvalue weighted by Crippen LogP contribution is -2.24. The first-order chi connectivity index (χ1) is 8.44. The molecule has 0 radical (unpaired) electrons. The van der Waals surface area contributed by atoms with E-state index in [1.54, 1.807) is 0 Å². The highest BCUT2D eigenvalue weighted by Gasteiger charge is 2.06. The molecule has 5 N–H and O–H groups in total. The van der Waals surface area contributed by atoms with Gasteiger partial charge in [-0.2, -0.15) is 0 Å². The normalized spacial score (nSPS) is 11.3. The third-order valence-corrected chi connectivity index (χ3v) is 3.42. The van der Waals surface area contributed by atoms with Gasteiger partial charge in [0.25, 0.3) is 0 Å². The van der Waals surface area contributed by atoms with E-state index >= 15 is 0 Å². The minimum Gasteiger partial charge on any atom is -0.369 e. The molecule has 0 unspecified atom stereocenters. The Hall–Kier alpha value is -0.970. The summed E-state index contributed by atoms with van der Waals surface area (Å²) in [5.41, 5.74) is 2.43. The molecule has 0 fully saturated rings. The van der Waals surface area contributed by atoms with E-state index in [2.05, 4.69) is 41.4 Å². The van der Waals surface area contributed by atoms with Crippen LogP contribution in [0.25, 0.3) is 0 Å². The smallest absolute Gasteiger partial charge is 0.208 e. The van der Waals surface area contributed by atoms with Crippen LogP contribution in [-0.2, 0) is 10.0 Å². The molecule has 10 heteroatoms. The largest absolute Gasteiger partial charge is 0.369 e. The van der Waals surface area contributed by atoms with Crippen LogP contribution in [-0.4, -0.2) is 37.7 Å². The Morgan fingerprint density at radius 1 is 1.33 bits per heavy atom. The molecule has 18 heavy (non-hydrogen) atoms. The minimum atomic E-state index is -3.13. The summed E-state index contributed by atoms with van der Waals surface area (Å²) < 4.78 is 24.7. The van der Waals surface area contributed by atoms with Gasteiger partial charge in [0, 0.05) is 13.1 Å². The van der Waals surface area contributed by atoms with Crippen molar-refractivity contribution in [1.82, 2.24) is 14.7 Å². The molecule has 0 aromatic carbocycles. The maximum absolute atomic E-state index is 10.8. The van der Waals surface area contributed by atoms with Crippen LogP contribution in [0.1, 0.15) is 6.42 Å². The van der Waals surface area contributed by atoms with E-state index in [1.807, 2.05) is 0 Å². The Bertz CT molecular complexity index is 494. The highest BCUT2D eigenvalue weighted by molar-refractivity contribution is 9.10. The number of rotatable bonds is 7. The molecule has 0 saturated carbocycles. The number of hydrazine groups is 1. The zero-order valence-corrected chi connectivity index (χ0v) is 12.2. The van der Waals surface area contributed by atoms with Crippen LogP contribution in [0.5, 0.6) is 0 Å². The molecular weight excluding hydrogens is 324 g/mol. The van der Waals surface area contributed by atoms with E-state index in [0.717, 1.165) is 6.26 Å². The summed E-state index contributed by atoms with van der Waals surface area (Å²) in [4.78, 5) is 7.94. The summed E-state index contributed by atoms with van der Waals surface area (Å²) in [6.45, 7) is 0.943. The molecule has 1 aromatic rings. The van der Waals surface area contributed by atoms with Crippen LogP contribution in [0.4, 0.5) is 11.6 Å². The lowest BCUT2D eigenvalue weighted by Gasteiger charge is -2.09. The molecule has 1 rings (SSSR count). The van der Waals surface area contributed by atoms with E-state index in [-0.39, 0.29) is 0 Å². The fraction of sp³-hybridized carbons (Fsp3) is 0.500. The average Bonchev–Trinajstić information content (AvgIpc) is 2.29. The molecule has 0 saturated heterocycles. The molecule has 0 aliphatic carbocycles. The quantitative estimate of drug-likeness (QED) is 0.310. The lowest BCUT2D eigenvalue weighted by atomic mass is 10.4. The van der Waals surface area contributed by atoms with E-state index < -0.39 is 10.0 Å². The Kier molecular flexibility index (Phi) is 5.72. The van der Waals surface area contributed by atoms with E-state index in [9.17, 15) is 8.42 Å². The molecule has 0 amide bonds. The topological polar surface area (TPSA) is 122 Å². The van der Waals surface area contributed by atoms with E-state index in [4.69, 9.17) is 5.84 Å². The van der Waals surface area contributed by atoms with Gasteiger partial charge < -0.3 is 10.7 Å². The SMILES string of the molecule is CS(=O)(=O)NCCCNc1ncnc(NN)c1Br. The average molecular weight is 339 g/mol. The summed E-state index contributed by atoms with van der Waals surface area (Å²) in [6, 6.07) is 0. The number of nitrogens with one attached hydrogen (secondary N) is 3. The van der Waals surface area contributed by atoms with Gasteiger partial charge in [0.15, 0.2) is 5.82 Å². The van der Waals surface area contributed by atoms with Gasteiger partial charge in [0.05, 0.1) is 6.26 Å². The molecule has 1 aromatic heterocycles. The first-order valence-corrected chi connectivity index (χ1v) is 7.78. The summed E-state index contributed by atoms with van der Waals surface area (Å²) in [5, 5.41) is 3.05. The van der Waals surface area contributed by atoms with Gasteiger partial charge >= 0.3 is 0 Å². The number of hydrogen-bond donors (Lipinski definition) is 4. The van der Waals surface area contributed by atoms with Crippen molar-refractivity contribution in [3.8, 4) is 0 Å². The second kappa shape index (κ2) is 6.83. The van der Waals surface area contributed by atoms with Crippen molar-refractivity contribution < 1.29 is 8.42 Å². The fourth-order valence-corrected chi connectivity index (χ4v) is 2.12. The molecule has 0 spiro atoms. The number of nitrogens with two attached hydrogens (primary N) is 1. The molecule has 0 bridgehead atoms. The molecule has 0 aliphatic heterocycles. The third kappa shape index (κ3) is 5.12. The monoisotopic (exact) mass is 338 g/mol. The van der Waals surface area contributed by atoms with Crippen molar-refractivity contribution in [3.63, 3.8) is 0 Å². The van der Waals surface area contributed by atoms with Crippen LogP contribution >= 0.6 is 15.9 Å². The van der Waals surface area contributed by atoms with Crippen molar-refractivity contribution >= 4 is 37.6 Å². The predicted octanol–water partition coefficient (Wildman–Crippen LogP) is -0.124. The highest BCUT2D eigenvalue weighted by atomic mass is 79.9. The number of nitrogens with zero attached hydrogens (tertiary/aromatic N) is 2. The van der Waals surface area contributed by atoms with Crippen molar-refractivity contribution in [2.75, 3.05) is 30.1 Å². The second-order valence-corrected chi connectivity index (χ2v) is 6.10. The third-order valence-electron chi connectivity index (χ3n) is 1.94. The number of aromatic nitrogens is 2. The first-order valence-electron chi connectivity index (χ1n) is 5.09. The summed E-state index contributed by atoms with van der Waals surface area (Å²) in [7, 11) is -3.13. The zero-order valence-electron chi connectivity index (χ0n) is 9.77. The van der Waals surface area contributed by atoms with Crippen LogP contribution < -0.4 is 21.3 Å². The lowest BCUT2D eigenvalue weighted by molar-refractivity contribution is 0.586. The predicted molar refractivity (Wildman–Crippen MR) is 73.5 cm³/mol. The van der Waals surface area contributed by atoms with E-state index in [1.165, 1.54) is 6.33 Å². The minimum absolute atomic E-state index is 0.372. The zero-order chi connectivity index (χ0) is 13.6. The van der Waals surface area contributed by atoms with Crippen molar-refractivity contribution in [2.45, 2.75) is 6.42 Å². The Morgan fingerprint density at radius 3 is 2.61 bits per heavy atom.